The molecule has 2 N–H and O–H groups in total. The lowest BCUT2D eigenvalue weighted by Gasteiger charge is -2.15. The smallest absolute Gasteiger partial charge is 0.419 e. The van der Waals surface area contributed by atoms with Crippen LogP contribution in [0.1, 0.15) is 22.3 Å². The third-order valence-electron chi connectivity index (χ3n) is 3.22. The molecule has 0 amide bonds. The summed E-state index contributed by atoms with van der Waals surface area (Å²) in [6, 6.07) is 10.8. The topological polar surface area (TPSA) is 35.2 Å². The monoisotopic (exact) mass is 295 g/mol. The van der Waals surface area contributed by atoms with Gasteiger partial charge in [0, 0.05) is 6.54 Å². The minimum atomic E-state index is -4.42. The number of benzene rings is 2. The summed E-state index contributed by atoms with van der Waals surface area (Å²) in [6.45, 7) is 2.40. The quantitative estimate of drug-likeness (QED) is 0.923. The maximum absolute atomic E-state index is 12.9. The van der Waals surface area contributed by atoms with E-state index in [1.165, 1.54) is 18.2 Å². The Balaban J connectivity index is 2.17. The zero-order valence-corrected chi connectivity index (χ0v) is 11.6. The van der Waals surface area contributed by atoms with Crippen molar-refractivity contribution < 1.29 is 17.9 Å². The van der Waals surface area contributed by atoms with Crippen LogP contribution in [0.3, 0.4) is 0 Å². The van der Waals surface area contributed by atoms with Crippen LogP contribution in [0.2, 0.25) is 0 Å². The van der Waals surface area contributed by atoms with Crippen molar-refractivity contribution in [1.29, 1.82) is 0 Å². The molecule has 0 aliphatic heterocycles. The Morgan fingerprint density at radius 3 is 2.43 bits per heavy atom. The fraction of sp³-hybridized carbons (Fsp3) is 0.250. The van der Waals surface area contributed by atoms with Crippen LogP contribution in [0.25, 0.3) is 0 Å². The summed E-state index contributed by atoms with van der Waals surface area (Å²) in [5.74, 6) is -0.160. The highest BCUT2D eigenvalue weighted by Crippen LogP contribution is 2.36. The predicted molar refractivity (Wildman–Crippen MR) is 74.8 cm³/mol. The number of rotatable bonds is 4. The molecule has 5 heteroatoms. The molecule has 0 unspecified atom stereocenters. The predicted octanol–water partition coefficient (Wildman–Crippen LogP) is 4.05. The number of ether oxygens (including phenoxy) is 1. The summed E-state index contributed by atoms with van der Waals surface area (Å²) >= 11 is 0. The van der Waals surface area contributed by atoms with E-state index in [4.69, 9.17) is 10.5 Å². The highest BCUT2D eigenvalue weighted by molar-refractivity contribution is 5.36. The van der Waals surface area contributed by atoms with Gasteiger partial charge < -0.3 is 10.5 Å². The minimum absolute atomic E-state index is 0.0871. The van der Waals surface area contributed by atoms with Gasteiger partial charge in [-0.1, -0.05) is 30.3 Å². The number of para-hydroxylation sites is 1. The molecule has 0 saturated carbocycles. The Kier molecular flexibility index (Phi) is 4.53. The summed E-state index contributed by atoms with van der Waals surface area (Å²) < 4.78 is 43.9. The van der Waals surface area contributed by atoms with Crippen molar-refractivity contribution in [2.24, 2.45) is 5.73 Å². The van der Waals surface area contributed by atoms with Gasteiger partial charge in [-0.15, -0.1) is 0 Å². The SMILES string of the molecule is Cc1cc(CN)ccc1COc1ccccc1C(F)(F)F. The van der Waals surface area contributed by atoms with E-state index in [1.54, 1.807) is 0 Å². The summed E-state index contributed by atoms with van der Waals surface area (Å²) in [7, 11) is 0. The number of nitrogens with two attached hydrogens (primary N) is 1. The first-order chi connectivity index (χ1) is 9.91. The van der Waals surface area contributed by atoms with Gasteiger partial charge in [0.05, 0.1) is 5.56 Å². The summed E-state index contributed by atoms with van der Waals surface area (Å²) in [5, 5.41) is 0. The van der Waals surface area contributed by atoms with Crippen molar-refractivity contribution in [3.05, 3.63) is 64.7 Å². The number of alkyl halides is 3. The molecule has 112 valence electrons. The third-order valence-corrected chi connectivity index (χ3v) is 3.22. The van der Waals surface area contributed by atoms with Gasteiger partial charge >= 0.3 is 6.18 Å². The van der Waals surface area contributed by atoms with Crippen LogP contribution in [0.5, 0.6) is 5.75 Å². The van der Waals surface area contributed by atoms with Gasteiger partial charge in [-0.25, -0.2) is 0 Å². The Hall–Kier alpha value is -2.01. The second-order valence-corrected chi connectivity index (χ2v) is 4.75. The summed E-state index contributed by atoms with van der Waals surface area (Å²) in [5.41, 5.74) is 7.55. The molecule has 2 nitrogen and oxygen atoms in total. The molecule has 21 heavy (non-hydrogen) atoms. The average molecular weight is 295 g/mol. The van der Waals surface area contributed by atoms with Crippen molar-refractivity contribution >= 4 is 0 Å². The molecule has 0 heterocycles. The third kappa shape index (κ3) is 3.76. The number of hydrogen-bond acceptors (Lipinski definition) is 2. The van der Waals surface area contributed by atoms with Gasteiger partial charge in [0.2, 0.25) is 0 Å². The largest absolute Gasteiger partial charge is 0.488 e. The molecule has 0 fully saturated rings. The summed E-state index contributed by atoms with van der Waals surface area (Å²) in [6.07, 6.45) is -4.42. The normalized spacial score (nSPS) is 11.5. The highest BCUT2D eigenvalue weighted by Gasteiger charge is 2.33. The van der Waals surface area contributed by atoms with Crippen LogP contribution >= 0.6 is 0 Å². The molecule has 0 atom stereocenters. The Labute approximate surface area is 121 Å². The van der Waals surface area contributed by atoms with Gasteiger partial charge in [-0.3, -0.25) is 0 Å². The molecule has 0 radical (unpaired) electrons. The molecule has 0 aliphatic carbocycles. The minimum Gasteiger partial charge on any atom is -0.488 e. The maximum atomic E-state index is 12.9. The second kappa shape index (κ2) is 6.18. The lowest BCUT2D eigenvalue weighted by Crippen LogP contribution is -2.09. The zero-order valence-electron chi connectivity index (χ0n) is 11.6. The fourth-order valence-electron chi connectivity index (χ4n) is 2.03. The molecule has 0 aromatic heterocycles. The van der Waals surface area contributed by atoms with Crippen molar-refractivity contribution in [3.8, 4) is 5.75 Å². The first-order valence-corrected chi connectivity index (χ1v) is 6.49. The van der Waals surface area contributed by atoms with E-state index in [0.29, 0.717) is 6.54 Å². The van der Waals surface area contributed by atoms with E-state index in [0.717, 1.165) is 22.8 Å². The lowest BCUT2D eigenvalue weighted by atomic mass is 10.1. The average Bonchev–Trinajstić information content (AvgIpc) is 2.45. The first-order valence-electron chi connectivity index (χ1n) is 6.49. The van der Waals surface area contributed by atoms with Crippen LogP contribution in [0, 0.1) is 6.92 Å². The maximum Gasteiger partial charge on any atom is 0.419 e. The molecule has 0 spiro atoms. The van der Waals surface area contributed by atoms with E-state index in [2.05, 4.69) is 0 Å². The fourth-order valence-corrected chi connectivity index (χ4v) is 2.03. The summed E-state index contributed by atoms with van der Waals surface area (Å²) in [4.78, 5) is 0. The van der Waals surface area contributed by atoms with Gasteiger partial charge in [0.15, 0.2) is 0 Å². The van der Waals surface area contributed by atoms with Gasteiger partial charge in [-0.2, -0.15) is 13.2 Å². The first kappa shape index (κ1) is 15.4. The van der Waals surface area contributed by atoms with E-state index in [9.17, 15) is 13.2 Å². The lowest BCUT2D eigenvalue weighted by molar-refractivity contribution is -0.139. The van der Waals surface area contributed by atoms with Crippen molar-refractivity contribution in [3.63, 3.8) is 0 Å². The van der Waals surface area contributed by atoms with Gasteiger partial charge in [0.1, 0.15) is 12.4 Å². The van der Waals surface area contributed by atoms with Crippen LogP contribution < -0.4 is 10.5 Å². The zero-order chi connectivity index (χ0) is 15.5. The van der Waals surface area contributed by atoms with E-state index in [-0.39, 0.29) is 12.4 Å². The molecule has 2 rings (SSSR count). The molecular formula is C16H16F3NO. The second-order valence-electron chi connectivity index (χ2n) is 4.75. The Morgan fingerprint density at radius 2 is 1.81 bits per heavy atom. The van der Waals surface area contributed by atoms with Crippen molar-refractivity contribution in [2.75, 3.05) is 0 Å². The van der Waals surface area contributed by atoms with Crippen LogP contribution in [-0.2, 0) is 19.3 Å². The molecule has 0 bridgehead atoms. The van der Waals surface area contributed by atoms with E-state index >= 15 is 0 Å². The van der Waals surface area contributed by atoms with E-state index in [1.807, 2.05) is 25.1 Å². The van der Waals surface area contributed by atoms with Crippen LogP contribution in [0.4, 0.5) is 13.2 Å². The Bertz CT molecular complexity index is 623. The number of halogens is 3. The molecule has 0 saturated heterocycles. The van der Waals surface area contributed by atoms with Crippen molar-refractivity contribution in [2.45, 2.75) is 26.3 Å². The van der Waals surface area contributed by atoms with Gasteiger partial charge in [0.25, 0.3) is 0 Å². The molecule has 2 aromatic rings. The van der Waals surface area contributed by atoms with Gasteiger partial charge in [-0.05, 0) is 35.7 Å². The molecule has 2 aromatic carbocycles. The Morgan fingerprint density at radius 1 is 1.10 bits per heavy atom. The van der Waals surface area contributed by atoms with Crippen molar-refractivity contribution in [1.82, 2.24) is 0 Å². The molecular weight excluding hydrogens is 279 g/mol. The van der Waals surface area contributed by atoms with Crippen LogP contribution in [-0.4, -0.2) is 0 Å². The molecule has 0 aliphatic rings. The van der Waals surface area contributed by atoms with E-state index < -0.39 is 11.7 Å². The number of aryl methyl sites for hydroxylation is 1. The standard InChI is InChI=1S/C16H16F3NO/c1-11-8-12(9-20)6-7-13(11)10-21-15-5-3-2-4-14(15)16(17,18)19/h2-8H,9-10,20H2,1H3. The number of hydrogen-bond donors (Lipinski definition) is 1. The highest BCUT2D eigenvalue weighted by atomic mass is 19.4. The van der Waals surface area contributed by atoms with Crippen LogP contribution in [0.15, 0.2) is 42.5 Å².